The number of hydrogen-bond acceptors (Lipinski definition) is 2. The third kappa shape index (κ3) is 2.01. The topological polar surface area (TPSA) is 26.0 Å². The van der Waals surface area contributed by atoms with E-state index in [0.29, 0.717) is 6.42 Å². The Morgan fingerprint density at radius 1 is 1.73 bits per heavy atom. The molecule has 0 bridgehead atoms. The number of aryl methyl sites for hydroxylation is 1. The molecular formula is C8H12FNS. The Bertz CT molecular complexity index is 222. The zero-order valence-electron chi connectivity index (χ0n) is 6.51. The van der Waals surface area contributed by atoms with Crippen LogP contribution < -0.4 is 5.73 Å². The maximum Gasteiger partial charge on any atom is 0.0912 e. The van der Waals surface area contributed by atoms with Crippen LogP contribution in [-0.2, 0) is 0 Å². The Labute approximate surface area is 70.0 Å². The molecule has 1 atom stereocenters. The molecule has 3 heteroatoms. The molecule has 1 aromatic heterocycles. The molecule has 0 fully saturated rings. The Kier molecular flexibility index (Phi) is 3.02. The van der Waals surface area contributed by atoms with Crippen LogP contribution >= 0.6 is 11.3 Å². The fraction of sp³-hybridized carbons (Fsp3) is 0.500. The summed E-state index contributed by atoms with van der Waals surface area (Å²) in [5, 5.41) is 1.99. The summed E-state index contributed by atoms with van der Waals surface area (Å²) in [5.41, 5.74) is 6.90. The monoisotopic (exact) mass is 173 g/mol. The molecule has 0 saturated carbocycles. The van der Waals surface area contributed by atoms with Crippen LogP contribution in [0.5, 0.6) is 0 Å². The van der Waals surface area contributed by atoms with Crippen LogP contribution in [0.3, 0.4) is 0 Å². The molecule has 0 saturated heterocycles. The van der Waals surface area contributed by atoms with E-state index in [1.54, 1.807) is 11.3 Å². The summed E-state index contributed by atoms with van der Waals surface area (Å²) in [6.45, 7) is 1.67. The first-order valence-corrected chi connectivity index (χ1v) is 4.49. The fourth-order valence-corrected chi connectivity index (χ4v) is 1.98. The molecule has 1 heterocycles. The highest BCUT2D eigenvalue weighted by atomic mass is 32.1. The molecule has 0 aliphatic carbocycles. The van der Waals surface area contributed by atoms with Gasteiger partial charge in [0.25, 0.3) is 0 Å². The summed E-state index contributed by atoms with van der Waals surface area (Å²) in [7, 11) is 0. The highest BCUT2D eigenvalue weighted by Crippen LogP contribution is 2.23. The lowest BCUT2D eigenvalue weighted by Crippen LogP contribution is -2.10. The quantitative estimate of drug-likeness (QED) is 0.746. The van der Waals surface area contributed by atoms with Crippen molar-refractivity contribution in [1.29, 1.82) is 0 Å². The average Bonchev–Trinajstić information content (AvgIpc) is 2.36. The average molecular weight is 173 g/mol. The Morgan fingerprint density at radius 2 is 2.45 bits per heavy atom. The second-order valence-corrected chi connectivity index (χ2v) is 3.50. The third-order valence-electron chi connectivity index (χ3n) is 1.66. The van der Waals surface area contributed by atoms with Crippen molar-refractivity contribution < 1.29 is 4.39 Å². The van der Waals surface area contributed by atoms with Gasteiger partial charge in [-0.1, -0.05) is 0 Å². The van der Waals surface area contributed by atoms with Crippen molar-refractivity contribution in [3.05, 3.63) is 21.9 Å². The van der Waals surface area contributed by atoms with Gasteiger partial charge in [0.05, 0.1) is 6.67 Å². The first kappa shape index (κ1) is 8.68. The summed E-state index contributed by atoms with van der Waals surface area (Å²) in [6.07, 6.45) is 0.432. The molecule has 0 aliphatic heterocycles. The zero-order valence-corrected chi connectivity index (χ0v) is 7.33. The van der Waals surface area contributed by atoms with Gasteiger partial charge < -0.3 is 5.73 Å². The van der Waals surface area contributed by atoms with Crippen molar-refractivity contribution in [2.24, 2.45) is 5.73 Å². The van der Waals surface area contributed by atoms with Crippen LogP contribution in [0.2, 0.25) is 0 Å². The molecule has 0 amide bonds. The van der Waals surface area contributed by atoms with E-state index in [1.807, 2.05) is 18.4 Å². The van der Waals surface area contributed by atoms with Gasteiger partial charge >= 0.3 is 0 Å². The lowest BCUT2D eigenvalue weighted by atomic mass is 10.1. The highest BCUT2D eigenvalue weighted by Gasteiger charge is 2.08. The van der Waals surface area contributed by atoms with Gasteiger partial charge in [0.1, 0.15) is 0 Å². The maximum absolute atomic E-state index is 11.9. The minimum Gasteiger partial charge on any atom is -0.323 e. The van der Waals surface area contributed by atoms with E-state index in [1.165, 1.54) is 5.56 Å². The van der Waals surface area contributed by atoms with Crippen molar-refractivity contribution in [2.75, 3.05) is 6.67 Å². The second kappa shape index (κ2) is 3.83. The normalized spacial score (nSPS) is 13.4. The Morgan fingerprint density at radius 3 is 2.91 bits per heavy atom. The summed E-state index contributed by atoms with van der Waals surface area (Å²) < 4.78 is 11.9. The van der Waals surface area contributed by atoms with Gasteiger partial charge in [0.15, 0.2) is 0 Å². The van der Waals surface area contributed by atoms with Crippen molar-refractivity contribution in [1.82, 2.24) is 0 Å². The summed E-state index contributed by atoms with van der Waals surface area (Å²) in [5.74, 6) is 0. The van der Waals surface area contributed by atoms with Gasteiger partial charge in [0, 0.05) is 10.9 Å². The summed E-state index contributed by atoms with van der Waals surface area (Å²) in [4.78, 5) is 1.11. The van der Waals surface area contributed by atoms with Crippen LogP contribution in [0, 0.1) is 6.92 Å². The van der Waals surface area contributed by atoms with Crippen LogP contribution in [0.15, 0.2) is 11.4 Å². The molecule has 2 N–H and O–H groups in total. The minimum atomic E-state index is -0.335. The number of thiophene rings is 1. The molecule has 62 valence electrons. The van der Waals surface area contributed by atoms with Crippen molar-refractivity contribution in [3.8, 4) is 0 Å². The molecule has 1 nitrogen and oxygen atoms in total. The Hall–Kier alpha value is -0.410. The number of hydrogen-bond donors (Lipinski definition) is 1. The van der Waals surface area contributed by atoms with E-state index in [0.717, 1.165) is 4.88 Å². The van der Waals surface area contributed by atoms with E-state index in [4.69, 9.17) is 5.73 Å². The van der Waals surface area contributed by atoms with Crippen LogP contribution in [0.25, 0.3) is 0 Å². The van der Waals surface area contributed by atoms with E-state index in [-0.39, 0.29) is 12.7 Å². The van der Waals surface area contributed by atoms with E-state index < -0.39 is 0 Å². The number of nitrogens with two attached hydrogens (primary N) is 1. The minimum absolute atomic E-state index is 0.111. The SMILES string of the molecule is Cc1ccsc1[C@@H](N)CCF. The molecule has 11 heavy (non-hydrogen) atoms. The Balaban J connectivity index is 2.67. The van der Waals surface area contributed by atoms with Crippen molar-refractivity contribution in [3.63, 3.8) is 0 Å². The number of alkyl halides is 1. The number of halogens is 1. The van der Waals surface area contributed by atoms with Crippen LogP contribution in [-0.4, -0.2) is 6.67 Å². The molecule has 1 aromatic rings. The lowest BCUT2D eigenvalue weighted by Gasteiger charge is -2.07. The molecule has 0 unspecified atom stereocenters. The molecule has 0 aromatic carbocycles. The maximum atomic E-state index is 11.9. The molecule has 0 aliphatic rings. The first-order chi connectivity index (χ1) is 5.25. The van der Waals surface area contributed by atoms with E-state index in [9.17, 15) is 4.39 Å². The van der Waals surface area contributed by atoms with Gasteiger partial charge in [-0.3, -0.25) is 4.39 Å². The van der Waals surface area contributed by atoms with Crippen LogP contribution in [0.1, 0.15) is 22.9 Å². The van der Waals surface area contributed by atoms with E-state index in [2.05, 4.69) is 0 Å². The largest absolute Gasteiger partial charge is 0.323 e. The van der Waals surface area contributed by atoms with Crippen molar-refractivity contribution in [2.45, 2.75) is 19.4 Å². The first-order valence-electron chi connectivity index (χ1n) is 3.61. The highest BCUT2D eigenvalue weighted by molar-refractivity contribution is 7.10. The lowest BCUT2D eigenvalue weighted by molar-refractivity contribution is 0.443. The van der Waals surface area contributed by atoms with Gasteiger partial charge in [-0.2, -0.15) is 0 Å². The van der Waals surface area contributed by atoms with Gasteiger partial charge in [-0.15, -0.1) is 11.3 Å². The smallest absolute Gasteiger partial charge is 0.0912 e. The van der Waals surface area contributed by atoms with Crippen LogP contribution in [0.4, 0.5) is 4.39 Å². The van der Waals surface area contributed by atoms with Gasteiger partial charge in [-0.25, -0.2) is 0 Å². The molecule has 0 radical (unpaired) electrons. The third-order valence-corrected chi connectivity index (χ3v) is 2.81. The zero-order chi connectivity index (χ0) is 8.27. The van der Waals surface area contributed by atoms with Crippen molar-refractivity contribution >= 4 is 11.3 Å². The summed E-state index contributed by atoms with van der Waals surface area (Å²) >= 11 is 1.61. The van der Waals surface area contributed by atoms with Gasteiger partial charge in [0.2, 0.25) is 0 Å². The standard InChI is InChI=1S/C8H12FNS/c1-6-3-5-11-8(6)7(10)2-4-9/h3,5,7H,2,4,10H2,1H3/t7-/m0/s1. The molecule has 0 spiro atoms. The molecular weight excluding hydrogens is 161 g/mol. The van der Waals surface area contributed by atoms with Gasteiger partial charge in [-0.05, 0) is 30.4 Å². The second-order valence-electron chi connectivity index (χ2n) is 2.55. The number of rotatable bonds is 3. The predicted molar refractivity (Wildman–Crippen MR) is 46.6 cm³/mol. The van der Waals surface area contributed by atoms with E-state index >= 15 is 0 Å². The predicted octanol–water partition coefficient (Wildman–Crippen LogP) is 2.42. The fourth-order valence-electron chi connectivity index (χ4n) is 1.01. The summed E-state index contributed by atoms with van der Waals surface area (Å²) in [6, 6.07) is 1.90. The molecule has 1 rings (SSSR count).